The number of oxazole rings is 1. The lowest BCUT2D eigenvalue weighted by Crippen LogP contribution is -2.14. The van der Waals surface area contributed by atoms with E-state index in [1.54, 1.807) is 6.26 Å². The third kappa shape index (κ3) is 7.17. The number of aliphatic carboxylic acids is 1. The van der Waals surface area contributed by atoms with Crippen LogP contribution >= 0.6 is 0 Å². The third-order valence-electron chi connectivity index (χ3n) is 5.64. The molecular formula is C30H33NO3. The fraction of sp³-hybridized carbons (Fsp3) is 0.267. The predicted molar refractivity (Wildman–Crippen MR) is 138 cm³/mol. The van der Waals surface area contributed by atoms with Crippen molar-refractivity contribution in [3.63, 3.8) is 0 Å². The Morgan fingerprint density at radius 1 is 1.00 bits per heavy atom. The van der Waals surface area contributed by atoms with E-state index in [1.165, 1.54) is 5.56 Å². The number of allylic oxidation sites excluding steroid dienone is 6. The van der Waals surface area contributed by atoms with E-state index in [4.69, 9.17) is 4.42 Å². The van der Waals surface area contributed by atoms with Gasteiger partial charge in [-0.2, -0.15) is 0 Å². The Morgan fingerprint density at radius 2 is 1.74 bits per heavy atom. The van der Waals surface area contributed by atoms with E-state index >= 15 is 0 Å². The van der Waals surface area contributed by atoms with Crippen molar-refractivity contribution in [1.82, 2.24) is 4.98 Å². The second kappa shape index (κ2) is 13.1. The van der Waals surface area contributed by atoms with Crippen molar-refractivity contribution in [1.29, 1.82) is 0 Å². The zero-order valence-corrected chi connectivity index (χ0v) is 20.0. The Kier molecular flexibility index (Phi) is 9.65. The molecule has 0 bridgehead atoms. The Bertz CT molecular complexity index is 1120. The number of hydrogen-bond acceptors (Lipinski definition) is 3. The van der Waals surface area contributed by atoms with E-state index in [1.807, 2.05) is 74.5 Å². The van der Waals surface area contributed by atoms with Crippen LogP contribution in [0.3, 0.4) is 0 Å². The summed E-state index contributed by atoms with van der Waals surface area (Å²) >= 11 is 0. The van der Waals surface area contributed by atoms with Crippen molar-refractivity contribution in [3.05, 3.63) is 120 Å². The minimum atomic E-state index is -0.793. The highest BCUT2D eigenvalue weighted by Crippen LogP contribution is 2.22. The molecule has 0 spiro atoms. The zero-order chi connectivity index (χ0) is 24.2. The molecule has 0 saturated carbocycles. The number of hydrogen-bond donors (Lipinski definition) is 1. The lowest BCUT2D eigenvalue weighted by molar-refractivity contribution is -0.138. The second-order valence-corrected chi connectivity index (χ2v) is 8.01. The lowest BCUT2D eigenvalue weighted by atomic mass is 9.91. The van der Waals surface area contributed by atoms with Crippen LogP contribution in [0.2, 0.25) is 0 Å². The van der Waals surface area contributed by atoms with Crippen LogP contribution in [0.25, 0.3) is 5.57 Å². The smallest absolute Gasteiger partial charge is 0.311 e. The normalized spacial score (nSPS) is 13.4. The summed E-state index contributed by atoms with van der Waals surface area (Å²) in [5, 5.41) is 9.64. The summed E-state index contributed by atoms with van der Waals surface area (Å²) in [6.45, 7) is 4.00. The summed E-state index contributed by atoms with van der Waals surface area (Å²) < 4.78 is 5.66. The number of aromatic nitrogens is 1. The van der Waals surface area contributed by atoms with Gasteiger partial charge in [-0.15, -0.1) is 0 Å². The molecule has 1 atom stereocenters. The van der Waals surface area contributed by atoms with Crippen LogP contribution in [0, 0.1) is 0 Å². The summed E-state index contributed by atoms with van der Waals surface area (Å²) in [7, 11) is 0. The maximum absolute atomic E-state index is 11.7. The first kappa shape index (κ1) is 25.0. The fourth-order valence-corrected chi connectivity index (χ4v) is 3.86. The molecule has 1 unspecified atom stereocenters. The molecule has 1 aliphatic rings. The number of benzene rings is 2. The van der Waals surface area contributed by atoms with Gasteiger partial charge in [-0.3, -0.25) is 4.79 Å². The summed E-state index contributed by atoms with van der Waals surface area (Å²) in [6, 6.07) is 17.7. The van der Waals surface area contributed by atoms with Gasteiger partial charge in [-0.05, 0) is 54.9 Å². The molecule has 4 heteroatoms. The third-order valence-corrected chi connectivity index (χ3v) is 5.64. The molecule has 0 radical (unpaired) electrons. The van der Waals surface area contributed by atoms with Crippen LogP contribution in [0.4, 0.5) is 0 Å². The van der Waals surface area contributed by atoms with Gasteiger partial charge in [-0.25, -0.2) is 4.98 Å². The van der Waals surface area contributed by atoms with E-state index in [0.717, 1.165) is 48.1 Å². The molecule has 2 aromatic carbocycles. The zero-order valence-electron chi connectivity index (χ0n) is 20.0. The molecule has 0 amide bonds. The van der Waals surface area contributed by atoms with Gasteiger partial charge in [-0.1, -0.05) is 92.7 Å². The predicted octanol–water partition coefficient (Wildman–Crippen LogP) is 7.19. The summed E-state index contributed by atoms with van der Waals surface area (Å²) in [4.78, 5) is 16.4. The fourth-order valence-electron chi connectivity index (χ4n) is 3.86. The minimum Gasteiger partial charge on any atom is -0.481 e. The van der Waals surface area contributed by atoms with Gasteiger partial charge in [0.05, 0.1) is 11.6 Å². The molecule has 34 heavy (non-hydrogen) atoms. The molecule has 1 heterocycles. The Hall–Kier alpha value is -3.66. The van der Waals surface area contributed by atoms with E-state index in [-0.39, 0.29) is 0 Å². The van der Waals surface area contributed by atoms with Crippen molar-refractivity contribution in [2.45, 2.75) is 51.9 Å². The van der Waals surface area contributed by atoms with E-state index < -0.39 is 11.9 Å². The van der Waals surface area contributed by atoms with Crippen LogP contribution in [0.5, 0.6) is 0 Å². The minimum absolute atomic E-state index is 0.487. The number of carboxylic acid groups (broad SMARTS) is 1. The Morgan fingerprint density at radius 3 is 2.47 bits per heavy atom. The van der Waals surface area contributed by atoms with Crippen molar-refractivity contribution in [3.8, 4) is 0 Å². The van der Waals surface area contributed by atoms with E-state index in [0.29, 0.717) is 12.3 Å². The Balaban J connectivity index is 0.00000158. The van der Waals surface area contributed by atoms with Crippen LogP contribution in [0.1, 0.15) is 60.9 Å². The highest BCUT2D eigenvalue weighted by molar-refractivity contribution is 5.76. The van der Waals surface area contributed by atoms with Gasteiger partial charge in [0.15, 0.2) is 0 Å². The SMILES string of the molecule is CC.O=C(O)C(Cc1ccc(CCCc2coc(C3=CC=CCC=C3)n2)cc1)c1ccccc1. The van der Waals surface area contributed by atoms with Crippen molar-refractivity contribution >= 4 is 11.5 Å². The largest absolute Gasteiger partial charge is 0.481 e. The summed E-state index contributed by atoms with van der Waals surface area (Å²) in [6.07, 6.45) is 16.2. The standard InChI is InChI=1S/C28H27NO3.C2H6/c30-28(31)26(23-10-6-3-7-11-23)19-22-17-15-21(16-18-22)9-8-14-25-20-32-27(29-25)24-12-4-1-2-5-13-24;1-2/h1,3-7,10-13,15-18,20,26H,2,8-9,14,19H2,(H,30,31);1-2H3. The van der Waals surface area contributed by atoms with Crippen LogP contribution in [-0.4, -0.2) is 16.1 Å². The van der Waals surface area contributed by atoms with Gasteiger partial charge < -0.3 is 9.52 Å². The highest BCUT2D eigenvalue weighted by Gasteiger charge is 2.20. The topological polar surface area (TPSA) is 63.3 Å². The number of rotatable bonds is 9. The molecule has 4 nitrogen and oxygen atoms in total. The average Bonchev–Trinajstić information content (AvgIpc) is 3.17. The molecule has 3 aromatic rings. The molecular weight excluding hydrogens is 422 g/mol. The van der Waals surface area contributed by atoms with Gasteiger partial charge in [0.2, 0.25) is 5.89 Å². The summed E-state index contributed by atoms with van der Waals surface area (Å²) in [5.74, 6) is -0.658. The second-order valence-electron chi connectivity index (χ2n) is 8.01. The molecule has 4 rings (SSSR count). The quantitative estimate of drug-likeness (QED) is 0.371. The molecule has 1 aliphatic carbocycles. The number of aryl methyl sites for hydroxylation is 2. The summed E-state index contributed by atoms with van der Waals surface area (Å²) in [5.41, 5.74) is 5.07. The lowest BCUT2D eigenvalue weighted by Gasteiger charge is -2.13. The first-order chi connectivity index (χ1) is 16.7. The first-order valence-electron chi connectivity index (χ1n) is 12.0. The number of carboxylic acids is 1. The molecule has 0 saturated heterocycles. The van der Waals surface area contributed by atoms with Gasteiger partial charge in [0, 0.05) is 5.57 Å². The Labute approximate surface area is 202 Å². The number of nitrogens with zero attached hydrogens (tertiary/aromatic N) is 1. The molecule has 0 aliphatic heterocycles. The van der Waals surface area contributed by atoms with Crippen LogP contribution < -0.4 is 0 Å². The number of carbonyl (C=O) groups is 1. The maximum atomic E-state index is 11.7. The molecule has 0 fully saturated rings. The molecule has 1 aromatic heterocycles. The molecule has 176 valence electrons. The average molecular weight is 456 g/mol. The van der Waals surface area contributed by atoms with Gasteiger partial charge in [0.25, 0.3) is 0 Å². The highest BCUT2D eigenvalue weighted by atomic mass is 16.4. The van der Waals surface area contributed by atoms with Crippen LogP contribution in [-0.2, 0) is 24.1 Å². The van der Waals surface area contributed by atoms with E-state index in [2.05, 4.69) is 29.3 Å². The first-order valence-corrected chi connectivity index (χ1v) is 12.0. The maximum Gasteiger partial charge on any atom is 0.311 e. The van der Waals surface area contributed by atoms with Gasteiger partial charge in [0.1, 0.15) is 6.26 Å². The van der Waals surface area contributed by atoms with Crippen LogP contribution in [0.15, 0.2) is 95.7 Å². The van der Waals surface area contributed by atoms with Gasteiger partial charge >= 0.3 is 5.97 Å². The van der Waals surface area contributed by atoms with E-state index in [9.17, 15) is 9.90 Å². The van der Waals surface area contributed by atoms with Crippen molar-refractivity contribution < 1.29 is 14.3 Å². The van der Waals surface area contributed by atoms with Crippen molar-refractivity contribution in [2.24, 2.45) is 0 Å². The van der Waals surface area contributed by atoms with Crippen molar-refractivity contribution in [2.75, 3.05) is 0 Å². The molecule has 1 N–H and O–H groups in total. The monoisotopic (exact) mass is 455 g/mol.